The van der Waals surface area contributed by atoms with E-state index in [0.29, 0.717) is 17.8 Å². The third kappa shape index (κ3) is 3.04. The molecule has 0 fully saturated rings. The minimum atomic E-state index is -0.335. The Morgan fingerprint density at radius 1 is 1.17 bits per heavy atom. The molecule has 0 unspecified atom stereocenters. The van der Waals surface area contributed by atoms with Crippen LogP contribution in [0.15, 0.2) is 58.7 Å². The van der Waals surface area contributed by atoms with Crippen LogP contribution in [0.1, 0.15) is 24.5 Å². The molecule has 2 aromatic carbocycles. The summed E-state index contributed by atoms with van der Waals surface area (Å²) in [6.45, 7) is 2.66. The van der Waals surface area contributed by atoms with Gasteiger partial charge >= 0.3 is 0 Å². The molecule has 0 saturated heterocycles. The molecule has 0 radical (unpaired) electrons. The third-order valence-corrected chi connectivity index (χ3v) is 3.56. The van der Waals surface area contributed by atoms with Crippen LogP contribution in [0.25, 0.3) is 0 Å². The molecule has 0 bridgehead atoms. The predicted octanol–water partition coefficient (Wildman–Crippen LogP) is 3.41. The van der Waals surface area contributed by atoms with Gasteiger partial charge in [0.25, 0.3) is 5.91 Å². The maximum Gasteiger partial charge on any atom is 0.279 e. The smallest absolute Gasteiger partial charge is 0.279 e. The topological polar surface area (TPSA) is 45.0 Å². The lowest BCUT2D eigenvalue weighted by Gasteiger charge is -2.14. The van der Waals surface area contributed by atoms with Crippen molar-refractivity contribution in [3.05, 3.63) is 65.5 Å². The molecule has 0 aliphatic carbocycles. The quantitative estimate of drug-likeness (QED) is 0.630. The molecule has 1 heterocycles. The first-order chi connectivity index (χ1) is 11.2. The molecule has 0 saturated carbocycles. The lowest BCUT2D eigenvalue weighted by Crippen LogP contribution is -2.30. The van der Waals surface area contributed by atoms with Crippen LogP contribution in [0.3, 0.4) is 0 Å². The lowest BCUT2D eigenvalue weighted by molar-refractivity contribution is -0.112. The van der Waals surface area contributed by atoms with Gasteiger partial charge in [0, 0.05) is 12.1 Å². The molecule has 0 N–H and O–H groups in total. The van der Waals surface area contributed by atoms with Crippen molar-refractivity contribution >= 4 is 23.5 Å². The average molecular weight is 309 g/mol. The molecule has 0 atom stereocenters. The number of hydrogen-bond acceptors (Lipinski definition) is 3. The van der Waals surface area contributed by atoms with Crippen molar-refractivity contribution in [1.82, 2.24) is 0 Å². The van der Waals surface area contributed by atoms with E-state index in [1.165, 1.54) is 18.3 Å². The largest absolute Gasteiger partial charge is 0.306 e. The van der Waals surface area contributed by atoms with E-state index in [-0.39, 0.29) is 11.7 Å². The van der Waals surface area contributed by atoms with Gasteiger partial charge in [0.05, 0.1) is 11.9 Å². The fourth-order valence-corrected chi connectivity index (χ4v) is 2.54. The van der Waals surface area contributed by atoms with Gasteiger partial charge < -0.3 is 4.90 Å². The highest BCUT2D eigenvalue weighted by Gasteiger charge is 2.33. The molecule has 1 aliphatic heterocycles. The Labute approximate surface area is 134 Å². The van der Waals surface area contributed by atoms with Crippen molar-refractivity contribution < 1.29 is 9.18 Å². The zero-order chi connectivity index (χ0) is 16.2. The number of carbonyl (C=O) groups is 1. The Morgan fingerprint density at radius 2 is 2.00 bits per heavy atom. The van der Waals surface area contributed by atoms with Gasteiger partial charge in [0.15, 0.2) is 5.71 Å². The molecule has 116 valence electrons. The number of fused-ring (bicyclic) bond motifs is 1. The first-order valence-corrected chi connectivity index (χ1v) is 7.48. The van der Waals surface area contributed by atoms with Crippen LogP contribution < -0.4 is 4.90 Å². The maximum absolute atomic E-state index is 13.1. The van der Waals surface area contributed by atoms with Crippen molar-refractivity contribution in [2.45, 2.75) is 13.3 Å². The number of nitrogens with zero attached hydrogens (tertiary/aromatic N) is 3. The average Bonchev–Trinajstić information content (AvgIpc) is 2.81. The summed E-state index contributed by atoms with van der Waals surface area (Å²) >= 11 is 0. The number of amides is 1. The number of benzene rings is 2. The van der Waals surface area contributed by atoms with E-state index in [1.54, 1.807) is 17.0 Å². The molecular weight excluding hydrogens is 293 g/mol. The number of halogens is 1. The van der Waals surface area contributed by atoms with Gasteiger partial charge in [0.1, 0.15) is 5.82 Å². The second kappa shape index (κ2) is 6.52. The summed E-state index contributed by atoms with van der Waals surface area (Å²) < 4.78 is 13.1. The number of hydrogen-bond donors (Lipinski definition) is 0. The zero-order valence-corrected chi connectivity index (χ0v) is 12.7. The fourth-order valence-electron chi connectivity index (χ4n) is 2.54. The monoisotopic (exact) mass is 309 g/mol. The van der Waals surface area contributed by atoms with Gasteiger partial charge in [-0.05, 0) is 30.2 Å². The van der Waals surface area contributed by atoms with Gasteiger partial charge in [0.2, 0.25) is 0 Å². The Kier molecular flexibility index (Phi) is 4.28. The summed E-state index contributed by atoms with van der Waals surface area (Å²) in [5, 5.41) is 8.03. The summed E-state index contributed by atoms with van der Waals surface area (Å²) in [4.78, 5) is 14.2. The summed E-state index contributed by atoms with van der Waals surface area (Å²) in [5.41, 5.74) is 2.56. The Morgan fingerprint density at radius 3 is 2.78 bits per heavy atom. The second-order valence-corrected chi connectivity index (χ2v) is 5.22. The summed E-state index contributed by atoms with van der Waals surface area (Å²) in [5.74, 6) is -0.484. The molecule has 5 heteroatoms. The van der Waals surface area contributed by atoms with Crippen LogP contribution in [-0.4, -0.2) is 24.4 Å². The molecule has 4 nitrogen and oxygen atoms in total. The fraction of sp³-hybridized carbons (Fsp3) is 0.167. The Balaban J connectivity index is 1.91. The maximum atomic E-state index is 13.1. The van der Waals surface area contributed by atoms with E-state index in [4.69, 9.17) is 0 Å². The van der Waals surface area contributed by atoms with Crippen LogP contribution in [0.5, 0.6) is 0 Å². The molecule has 3 rings (SSSR count). The van der Waals surface area contributed by atoms with E-state index in [2.05, 4.69) is 10.2 Å². The first kappa shape index (κ1) is 15.1. The Bertz CT molecular complexity index is 798. The zero-order valence-electron chi connectivity index (χ0n) is 12.7. The molecule has 0 aromatic heterocycles. The summed E-state index contributed by atoms with van der Waals surface area (Å²) in [6.07, 6.45) is 2.30. The minimum Gasteiger partial charge on any atom is -0.306 e. The van der Waals surface area contributed by atoms with Crippen molar-refractivity contribution in [3.8, 4) is 0 Å². The number of rotatable bonds is 4. The lowest BCUT2D eigenvalue weighted by atomic mass is 10.1. The highest BCUT2D eigenvalue weighted by atomic mass is 19.1. The predicted molar refractivity (Wildman–Crippen MR) is 89.6 cm³/mol. The van der Waals surface area contributed by atoms with E-state index < -0.39 is 0 Å². The standard InChI is InChI=1S/C18H16FN3O/c1-2-10-22-16-9-4-3-8-15(16)17(18(22)23)21-20-12-13-6-5-7-14(19)11-13/h3-9,11-12H,2,10H2,1H3/b20-12-,21-17+. The summed E-state index contributed by atoms with van der Waals surface area (Å²) in [6, 6.07) is 13.6. The highest BCUT2D eigenvalue weighted by molar-refractivity contribution is 6.54. The van der Waals surface area contributed by atoms with Crippen molar-refractivity contribution in [1.29, 1.82) is 0 Å². The number of para-hydroxylation sites is 1. The van der Waals surface area contributed by atoms with Crippen LogP contribution in [0.2, 0.25) is 0 Å². The van der Waals surface area contributed by atoms with Crippen LogP contribution >= 0.6 is 0 Å². The molecule has 2 aromatic rings. The van der Waals surface area contributed by atoms with E-state index in [1.807, 2.05) is 31.2 Å². The van der Waals surface area contributed by atoms with E-state index in [0.717, 1.165) is 17.7 Å². The van der Waals surface area contributed by atoms with Crippen LogP contribution in [0, 0.1) is 5.82 Å². The van der Waals surface area contributed by atoms with E-state index in [9.17, 15) is 9.18 Å². The van der Waals surface area contributed by atoms with Gasteiger partial charge in [-0.2, -0.15) is 5.10 Å². The highest BCUT2D eigenvalue weighted by Crippen LogP contribution is 2.29. The van der Waals surface area contributed by atoms with Crippen molar-refractivity contribution in [2.75, 3.05) is 11.4 Å². The van der Waals surface area contributed by atoms with Gasteiger partial charge in [-0.3, -0.25) is 4.79 Å². The van der Waals surface area contributed by atoms with Gasteiger partial charge in [-0.1, -0.05) is 37.3 Å². The number of carbonyl (C=O) groups excluding carboxylic acids is 1. The summed E-state index contributed by atoms with van der Waals surface area (Å²) in [7, 11) is 0. The van der Waals surface area contributed by atoms with Gasteiger partial charge in [-0.15, -0.1) is 5.10 Å². The first-order valence-electron chi connectivity index (χ1n) is 7.48. The van der Waals surface area contributed by atoms with E-state index >= 15 is 0 Å². The molecular formula is C18H16FN3O. The molecule has 0 spiro atoms. The van der Waals surface area contributed by atoms with Crippen molar-refractivity contribution in [3.63, 3.8) is 0 Å². The third-order valence-electron chi connectivity index (χ3n) is 3.56. The normalized spacial score (nSPS) is 15.7. The minimum absolute atomic E-state index is 0.149. The van der Waals surface area contributed by atoms with Gasteiger partial charge in [-0.25, -0.2) is 4.39 Å². The molecule has 1 amide bonds. The SMILES string of the molecule is CCCN1C(=O)/C(=N/N=C\c2cccc(F)c2)c2ccccc21. The molecule has 23 heavy (non-hydrogen) atoms. The van der Waals surface area contributed by atoms with Crippen LogP contribution in [0.4, 0.5) is 10.1 Å². The number of anilines is 1. The second-order valence-electron chi connectivity index (χ2n) is 5.22. The van der Waals surface area contributed by atoms with Crippen molar-refractivity contribution in [2.24, 2.45) is 10.2 Å². The Hall–Kier alpha value is -2.82. The van der Waals surface area contributed by atoms with Crippen LogP contribution in [-0.2, 0) is 4.79 Å². The molecule has 1 aliphatic rings.